The van der Waals surface area contributed by atoms with Crippen LogP contribution in [-0.2, 0) is 0 Å². The van der Waals surface area contributed by atoms with E-state index in [4.69, 9.17) is 11.6 Å². The third-order valence-electron chi connectivity index (χ3n) is 3.42. The van der Waals surface area contributed by atoms with Crippen molar-refractivity contribution in [1.29, 1.82) is 0 Å². The number of nitrogens with zero attached hydrogens (tertiary/aromatic N) is 2. The molecule has 0 radical (unpaired) electrons. The van der Waals surface area contributed by atoms with Crippen LogP contribution in [0.1, 0.15) is 39.0 Å². The zero-order valence-electron chi connectivity index (χ0n) is 9.62. The first-order valence-corrected chi connectivity index (χ1v) is 6.40. The SMILES string of the molecule is CCC1CCC(Nc2nccnc2Cl)CC1. The van der Waals surface area contributed by atoms with E-state index < -0.39 is 0 Å². The number of anilines is 1. The number of nitrogens with one attached hydrogen (secondary N) is 1. The summed E-state index contributed by atoms with van der Waals surface area (Å²) in [4.78, 5) is 8.22. The van der Waals surface area contributed by atoms with Crippen LogP contribution < -0.4 is 5.32 Å². The third kappa shape index (κ3) is 2.85. The highest BCUT2D eigenvalue weighted by atomic mass is 35.5. The van der Waals surface area contributed by atoms with Gasteiger partial charge in [0.25, 0.3) is 0 Å². The molecule has 0 bridgehead atoms. The largest absolute Gasteiger partial charge is 0.365 e. The van der Waals surface area contributed by atoms with Crippen LogP contribution in [0.4, 0.5) is 5.82 Å². The number of hydrogen-bond acceptors (Lipinski definition) is 3. The Balaban J connectivity index is 1.89. The molecule has 0 saturated heterocycles. The Morgan fingerprint density at radius 2 is 1.94 bits per heavy atom. The van der Waals surface area contributed by atoms with Crippen LogP contribution in [-0.4, -0.2) is 16.0 Å². The summed E-state index contributed by atoms with van der Waals surface area (Å²) in [5.74, 6) is 1.64. The van der Waals surface area contributed by atoms with Crippen LogP contribution >= 0.6 is 11.6 Å². The molecule has 0 atom stereocenters. The van der Waals surface area contributed by atoms with Gasteiger partial charge in [0.15, 0.2) is 11.0 Å². The van der Waals surface area contributed by atoms with E-state index >= 15 is 0 Å². The van der Waals surface area contributed by atoms with E-state index in [9.17, 15) is 0 Å². The molecule has 1 heterocycles. The Morgan fingerprint density at radius 1 is 1.25 bits per heavy atom. The fourth-order valence-electron chi connectivity index (χ4n) is 2.33. The molecule has 1 fully saturated rings. The molecule has 0 aromatic carbocycles. The van der Waals surface area contributed by atoms with Crippen molar-refractivity contribution < 1.29 is 0 Å². The molecule has 0 amide bonds. The topological polar surface area (TPSA) is 37.8 Å². The number of hydrogen-bond donors (Lipinski definition) is 1. The third-order valence-corrected chi connectivity index (χ3v) is 3.70. The predicted molar refractivity (Wildman–Crippen MR) is 66.7 cm³/mol. The maximum Gasteiger partial charge on any atom is 0.171 e. The fourth-order valence-corrected chi connectivity index (χ4v) is 2.49. The van der Waals surface area contributed by atoms with Crippen LogP contribution in [0.5, 0.6) is 0 Å². The smallest absolute Gasteiger partial charge is 0.171 e. The first-order chi connectivity index (χ1) is 7.79. The van der Waals surface area contributed by atoms with Gasteiger partial charge in [-0.1, -0.05) is 24.9 Å². The van der Waals surface area contributed by atoms with E-state index in [0.29, 0.717) is 11.2 Å². The maximum atomic E-state index is 5.96. The minimum absolute atomic E-state index is 0.472. The molecule has 2 rings (SSSR count). The zero-order valence-corrected chi connectivity index (χ0v) is 10.4. The lowest BCUT2D eigenvalue weighted by Gasteiger charge is -2.28. The van der Waals surface area contributed by atoms with E-state index in [0.717, 1.165) is 11.7 Å². The number of halogens is 1. The Morgan fingerprint density at radius 3 is 2.56 bits per heavy atom. The Hall–Kier alpha value is -0.830. The average molecular weight is 240 g/mol. The lowest BCUT2D eigenvalue weighted by molar-refractivity contribution is 0.330. The first kappa shape index (κ1) is 11.6. The van der Waals surface area contributed by atoms with Gasteiger partial charge < -0.3 is 5.32 Å². The van der Waals surface area contributed by atoms with Crippen LogP contribution in [0.3, 0.4) is 0 Å². The van der Waals surface area contributed by atoms with Gasteiger partial charge in [0.1, 0.15) is 0 Å². The highest BCUT2D eigenvalue weighted by Crippen LogP contribution is 2.29. The summed E-state index contributed by atoms with van der Waals surface area (Å²) in [6.07, 6.45) is 9.64. The van der Waals surface area contributed by atoms with E-state index in [1.165, 1.54) is 32.1 Å². The highest BCUT2D eigenvalue weighted by Gasteiger charge is 2.20. The quantitative estimate of drug-likeness (QED) is 0.877. The van der Waals surface area contributed by atoms with Gasteiger partial charge >= 0.3 is 0 Å². The summed E-state index contributed by atoms with van der Waals surface area (Å²) in [6, 6.07) is 0.511. The Kier molecular flexibility index (Phi) is 3.99. The standard InChI is InChI=1S/C12H18ClN3/c1-2-9-3-5-10(6-4-9)16-12-11(13)14-7-8-15-12/h7-10H,2-6H2,1H3,(H,15,16). The van der Waals surface area contributed by atoms with Crippen molar-refractivity contribution in [3.8, 4) is 0 Å². The van der Waals surface area contributed by atoms with Crippen LogP contribution in [0.25, 0.3) is 0 Å². The molecule has 0 spiro atoms. The molecule has 4 heteroatoms. The molecular formula is C12H18ClN3. The summed E-state index contributed by atoms with van der Waals surface area (Å²) in [5.41, 5.74) is 0. The van der Waals surface area contributed by atoms with Crippen molar-refractivity contribution in [3.63, 3.8) is 0 Å². The highest BCUT2D eigenvalue weighted by molar-refractivity contribution is 6.31. The van der Waals surface area contributed by atoms with Crippen LogP contribution in [0.2, 0.25) is 5.15 Å². The van der Waals surface area contributed by atoms with Gasteiger partial charge in [0.2, 0.25) is 0 Å². The van der Waals surface area contributed by atoms with Gasteiger partial charge in [0.05, 0.1) is 0 Å². The summed E-state index contributed by atoms with van der Waals surface area (Å²) >= 11 is 5.96. The Bertz CT molecular complexity index is 335. The molecule has 0 unspecified atom stereocenters. The Labute approximate surface area is 102 Å². The average Bonchev–Trinajstić information content (AvgIpc) is 2.33. The zero-order chi connectivity index (χ0) is 11.4. The predicted octanol–water partition coefficient (Wildman–Crippen LogP) is 3.51. The van der Waals surface area contributed by atoms with Crippen molar-refractivity contribution in [3.05, 3.63) is 17.5 Å². The van der Waals surface area contributed by atoms with E-state index in [-0.39, 0.29) is 0 Å². The molecule has 88 valence electrons. The molecule has 3 nitrogen and oxygen atoms in total. The van der Waals surface area contributed by atoms with Crippen molar-refractivity contribution in [1.82, 2.24) is 9.97 Å². The fraction of sp³-hybridized carbons (Fsp3) is 0.667. The van der Waals surface area contributed by atoms with Gasteiger partial charge in [-0.15, -0.1) is 0 Å². The monoisotopic (exact) mass is 239 g/mol. The van der Waals surface area contributed by atoms with Crippen LogP contribution in [0, 0.1) is 5.92 Å². The summed E-state index contributed by atoms with van der Waals surface area (Å²) in [6.45, 7) is 2.28. The second-order valence-electron chi connectivity index (χ2n) is 4.47. The van der Waals surface area contributed by atoms with Crippen LogP contribution in [0.15, 0.2) is 12.4 Å². The first-order valence-electron chi connectivity index (χ1n) is 6.02. The molecule has 1 aromatic rings. The molecule has 0 aliphatic heterocycles. The van der Waals surface area contributed by atoms with Crippen molar-refractivity contribution in [2.75, 3.05) is 5.32 Å². The van der Waals surface area contributed by atoms with Gasteiger partial charge in [-0.3, -0.25) is 0 Å². The van der Waals surface area contributed by atoms with Crippen molar-refractivity contribution in [2.24, 2.45) is 5.92 Å². The molecule has 1 saturated carbocycles. The van der Waals surface area contributed by atoms with Crippen molar-refractivity contribution >= 4 is 17.4 Å². The summed E-state index contributed by atoms with van der Waals surface area (Å²) in [7, 11) is 0. The van der Waals surface area contributed by atoms with E-state index in [1.807, 2.05) is 0 Å². The summed E-state index contributed by atoms with van der Waals surface area (Å²) in [5, 5.41) is 3.86. The number of rotatable bonds is 3. The normalized spacial score (nSPS) is 25.4. The molecule has 1 aliphatic carbocycles. The molecule has 1 aliphatic rings. The maximum absolute atomic E-state index is 5.96. The lowest BCUT2D eigenvalue weighted by Crippen LogP contribution is -2.26. The summed E-state index contributed by atoms with van der Waals surface area (Å²) < 4.78 is 0. The van der Waals surface area contributed by atoms with Gasteiger partial charge in [-0.25, -0.2) is 9.97 Å². The minimum atomic E-state index is 0.472. The minimum Gasteiger partial charge on any atom is -0.365 e. The molecule has 1 aromatic heterocycles. The second-order valence-corrected chi connectivity index (χ2v) is 4.82. The number of aromatic nitrogens is 2. The second kappa shape index (κ2) is 5.48. The van der Waals surface area contributed by atoms with Gasteiger partial charge in [-0.2, -0.15) is 0 Å². The lowest BCUT2D eigenvalue weighted by atomic mass is 9.84. The molecule has 16 heavy (non-hydrogen) atoms. The molecular weight excluding hydrogens is 222 g/mol. The van der Waals surface area contributed by atoms with Crippen molar-refractivity contribution in [2.45, 2.75) is 45.1 Å². The molecule has 1 N–H and O–H groups in total. The van der Waals surface area contributed by atoms with E-state index in [2.05, 4.69) is 22.2 Å². The van der Waals surface area contributed by atoms with E-state index in [1.54, 1.807) is 12.4 Å². The van der Waals surface area contributed by atoms with Gasteiger partial charge in [-0.05, 0) is 31.6 Å². The van der Waals surface area contributed by atoms with Gasteiger partial charge in [0, 0.05) is 18.4 Å².